The average Bonchev–Trinajstić information content (AvgIpc) is 2.25. The molecule has 0 aromatic heterocycles. The van der Waals surface area contributed by atoms with Crippen molar-refractivity contribution in [3.05, 3.63) is 0 Å². The van der Waals surface area contributed by atoms with Crippen molar-refractivity contribution in [3.63, 3.8) is 0 Å². The van der Waals surface area contributed by atoms with Gasteiger partial charge in [0.1, 0.15) is 12.3 Å². The van der Waals surface area contributed by atoms with Crippen molar-refractivity contribution in [1.82, 2.24) is 4.90 Å². The van der Waals surface area contributed by atoms with Crippen molar-refractivity contribution in [3.8, 4) is 0 Å². The zero-order valence-corrected chi connectivity index (χ0v) is 11.5. The normalized spacial score (nSPS) is 13.2. The van der Waals surface area contributed by atoms with Crippen LogP contribution >= 0.6 is 0 Å². The molecule has 1 atom stereocenters. The van der Waals surface area contributed by atoms with E-state index in [4.69, 9.17) is 15.6 Å². The summed E-state index contributed by atoms with van der Waals surface area (Å²) in [4.78, 5) is 13.3. The molecule has 0 bridgehead atoms. The number of ether oxygens (including phenoxy) is 1. The Kier molecular flexibility index (Phi) is 7.86. The molecule has 0 saturated carbocycles. The molecule has 6 heteroatoms. The fourth-order valence-corrected chi connectivity index (χ4v) is 1.33. The molecule has 1 unspecified atom stereocenters. The van der Waals surface area contributed by atoms with Crippen molar-refractivity contribution in [2.24, 2.45) is 5.73 Å². The third kappa shape index (κ3) is 8.25. The molecule has 5 nitrogen and oxygen atoms in total. The smallest absolute Gasteiger partial charge is 0.410 e. The highest BCUT2D eigenvalue weighted by atomic mass is 19.1. The number of alkyl halides is 1. The Labute approximate surface area is 108 Å². The Morgan fingerprint density at radius 1 is 1.44 bits per heavy atom. The summed E-state index contributed by atoms with van der Waals surface area (Å²) in [5.41, 5.74) is 4.91. The fourth-order valence-electron chi connectivity index (χ4n) is 1.33. The molecule has 0 saturated heterocycles. The van der Waals surface area contributed by atoms with Gasteiger partial charge in [0, 0.05) is 19.7 Å². The fraction of sp³-hybridized carbons (Fsp3) is 0.917. The molecule has 0 spiro atoms. The molecular formula is C12H25FN2O3. The van der Waals surface area contributed by atoms with Gasteiger partial charge in [-0.2, -0.15) is 0 Å². The van der Waals surface area contributed by atoms with E-state index in [9.17, 15) is 9.18 Å². The topological polar surface area (TPSA) is 75.8 Å². The number of rotatable bonds is 7. The van der Waals surface area contributed by atoms with Crippen LogP contribution in [-0.2, 0) is 4.74 Å². The lowest BCUT2D eigenvalue weighted by molar-refractivity contribution is 0.0229. The summed E-state index contributed by atoms with van der Waals surface area (Å²) in [6.45, 7) is 5.22. The van der Waals surface area contributed by atoms with Crippen molar-refractivity contribution in [1.29, 1.82) is 0 Å². The van der Waals surface area contributed by atoms with Gasteiger partial charge in [0.25, 0.3) is 0 Å². The summed E-state index contributed by atoms with van der Waals surface area (Å²) < 4.78 is 17.6. The van der Waals surface area contributed by atoms with Gasteiger partial charge >= 0.3 is 6.09 Å². The summed E-state index contributed by atoms with van der Waals surface area (Å²) in [7, 11) is 0. The molecule has 1 amide bonds. The largest absolute Gasteiger partial charge is 0.444 e. The van der Waals surface area contributed by atoms with Gasteiger partial charge in [-0.15, -0.1) is 0 Å². The number of carbonyl (C=O) groups is 1. The van der Waals surface area contributed by atoms with Gasteiger partial charge in [-0.1, -0.05) is 0 Å². The van der Waals surface area contributed by atoms with Crippen LogP contribution in [0.2, 0.25) is 0 Å². The summed E-state index contributed by atoms with van der Waals surface area (Å²) in [6, 6.07) is -0.702. The summed E-state index contributed by atoms with van der Waals surface area (Å²) >= 11 is 0. The van der Waals surface area contributed by atoms with E-state index in [1.54, 1.807) is 20.8 Å². The predicted molar refractivity (Wildman–Crippen MR) is 68.1 cm³/mol. The number of amides is 1. The molecule has 0 heterocycles. The van der Waals surface area contributed by atoms with Crippen molar-refractivity contribution in [2.45, 2.75) is 45.3 Å². The van der Waals surface area contributed by atoms with E-state index in [1.165, 1.54) is 4.90 Å². The second kappa shape index (κ2) is 8.26. The van der Waals surface area contributed by atoms with Crippen LogP contribution in [0.15, 0.2) is 0 Å². The van der Waals surface area contributed by atoms with Crippen molar-refractivity contribution in [2.75, 3.05) is 26.4 Å². The zero-order chi connectivity index (χ0) is 14.2. The van der Waals surface area contributed by atoms with Crippen LogP contribution in [0.3, 0.4) is 0 Å². The van der Waals surface area contributed by atoms with Crippen LogP contribution in [0, 0.1) is 0 Å². The number of aliphatic hydroxyl groups is 1. The maximum atomic E-state index is 12.4. The monoisotopic (exact) mass is 264 g/mol. The number of hydrogen-bond donors (Lipinski definition) is 2. The lowest BCUT2D eigenvalue weighted by Crippen LogP contribution is -2.44. The van der Waals surface area contributed by atoms with Gasteiger partial charge in [-0.3, -0.25) is 0 Å². The highest BCUT2D eigenvalue weighted by Crippen LogP contribution is 2.11. The van der Waals surface area contributed by atoms with E-state index >= 15 is 0 Å². The van der Waals surface area contributed by atoms with E-state index in [2.05, 4.69) is 0 Å². The first-order valence-corrected chi connectivity index (χ1v) is 6.20. The molecule has 108 valence electrons. The van der Waals surface area contributed by atoms with Gasteiger partial charge in [0.15, 0.2) is 0 Å². The van der Waals surface area contributed by atoms with E-state index < -0.39 is 24.4 Å². The molecule has 0 aliphatic carbocycles. The predicted octanol–water partition coefficient (Wildman–Crippen LogP) is 1.29. The first kappa shape index (κ1) is 17.1. The van der Waals surface area contributed by atoms with Crippen LogP contribution in [0.25, 0.3) is 0 Å². The van der Waals surface area contributed by atoms with Crippen LogP contribution in [-0.4, -0.2) is 54.1 Å². The van der Waals surface area contributed by atoms with Gasteiger partial charge in [0.2, 0.25) is 0 Å². The Hall–Kier alpha value is -0.880. The molecule has 3 N–H and O–H groups in total. The number of carbonyl (C=O) groups excluding carboxylic acids is 1. The summed E-state index contributed by atoms with van der Waals surface area (Å²) in [6.07, 6.45) is 0.725. The average molecular weight is 264 g/mol. The third-order valence-electron chi connectivity index (χ3n) is 2.14. The maximum Gasteiger partial charge on any atom is 0.410 e. The lowest BCUT2D eigenvalue weighted by atomic mass is 10.2. The van der Waals surface area contributed by atoms with Crippen LogP contribution in [0.5, 0.6) is 0 Å². The van der Waals surface area contributed by atoms with E-state index in [1.807, 2.05) is 0 Å². The second-order valence-corrected chi connectivity index (χ2v) is 5.27. The standard InChI is InChI=1S/C12H25FN2O3/c1-12(2,3)18-11(17)15(6-4-5-7-16)9-10(14)8-13/h10,16H,4-9,14H2,1-3H3. The second-order valence-electron chi connectivity index (χ2n) is 5.27. The molecule has 0 rings (SSSR count). The van der Waals surface area contributed by atoms with Crippen LogP contribution in [0.1, 0.15) is 33.6 Å². The van der Waals surface area contributed by atoms with Crippen molar-refractivity contribution < 1.29 is 19.0 Å². The van der Waals surface area contributed by atoms with E-state index in [-0.39, 0.29) is 13.2 Å². The van der Waals surface area contributed by atoms with E-state index in [0.29, 0.717) is 19.4 Å². The molecule has 0 aromatic rings. The third-order valence-corrected chi connectivity index (χ3v) is 2.14. The molecule has 0 radical (unpaired) electrons. The quantitative estimate of drug-likeness (QED) is 0.679. The Morgan fingerprint density at radius 3 is 2.50 bits per heavy atom. The Balaban J connectivity index is 4.39. The number of nitrogens with zero attached hydrogens (tertiary/aromatic N) is 1. The highest BCUT2D eigenvalue weighted by Gasteiger charge is 2.23. The summed E-state index contributed by atoms with van der Waals surface area (Å²) in [5.74, 6) is 0. The Bertz CT molecular complexity index is 244. The molecule has 0 fully saturated rings. The number of aliphatic hydroxyl groups excluding tert-OH is 1. The first-order chi connectivity index (χ1) is 8.30. The van der Waals surface area contributed by atoms with Crippen LogP contribution in [0.4, 0.5) is 9.18 Å². The van der Waals surface area contributed by atoms with Crippen LogP contribution < -0.4 is 5.73 Å². The minimum Gasteiger partial charge on any atom is -0.444 e. The highest BCUT2D eigenvalue weighted by molar-refractivity contribution is 5.68. The molecule has 0 aromatic carbocycles. The van der Waals surface area contributed by atoms with Gasteiger partial charge < -0.3 is 20.5 Å². The van der Waals surface area contributed by atoms with Gasteiger partial charge in [0.05, 0.1) is 6.04 Å². The van der Waals surface area contributed by atoms with Crippen molar-refractivity contribution >= 4 is 6.09 Å². The number of nitrogens with two attached hydrogens (primary N) is 1. The first-order valence-electron chi connectivity index (χ1n) is 6.20. The number of hydrogen-bond acceptors (Lipinski definition) is 4. The van der Waals surface area contributed by atoms with E-state index in [0.717, 1.165) is 0 Å². The number of halogens is 1. The zero-order valence-electron chi connectivity index (χ0n) is 11.5. The SMILES string of the molecule is CC(C)(C)OC(=O)N(CCCCO)CC(N)CF. The Morgan fingerprint density at radius 2 is 2.06 bits per heavy atom. The minimum atomic E-state index is -0.702. The lowest BCUT2D eigenvalue weighted by Gasteiger charge is -2.28. The van der Waals surface area contributed by atoms with Gasteiger partial charge in [-0.25, -0.2) is 9.18 Å². The molecule has 18 heavy (non-hydrogen) atoms. The minimum absolute atomic E-state index is 0.0668. The summed E-state index contributed by atoms with van der Waals surface area (Å²) in [5, 5.41) is 8.71. The molecule has 0 aliphatic heterocycles. The van der Waals surface area contributed by atoms with Gasteiger partial charge in [-0.05, 0) is 33.6 Å². The maximum absolute atomic E-state index is 12.4. The molecule has 0 aliphatic rings. The molecular weight excluding hydrogens is 239 g/mol. The number of unbranched alkanes of at least 4 members (excludes halogenated alkanes) is 1.